The van der Waals surface area contributed by atoms with E-state index in [9.17, 15) is 9.90 Å². The molecule has 2 atom stereocenters. The SMILES string of the molecule is CC1COCC(CO)(C(=O)C(C)(C)C)C1. The summed E-state index contributed by atoms with van der Waals surface area (Å²) in [6.07, 6.45) is 0.736. The van der Waals surface area contributed by atoms with Crippen LogP contribution in [0.1, 0.15) is 34.1 Å². The fourth-order valence-corrected chi connectivity index (χ4v) is 2.38. The molecule has 1 saturated heterocycles. The van der Waals surface area contributed by atoms with Crippen LogP contribution in [0, 0.1) is 16.7 Å². The smallest absolute Gasteiger partial charge is 0.148 e. The number of ketones is 1. The number of carbonyl (C=O) groups excluding carboxylic acids is 1. The molecule has 1 aliphatic heterocycles. The summed E-state index contributed by atoms with van der Waals surface area (Å²) in [5, 5.41) is 9.49. The molecule has 1 heterocycles. The van der Waals surface area contributed by atoms with E-state index in [1.54, 1.807) is 0 Å². The Morgan fingerprint density at radius 2 is 2.13 bits per heavy atom. The van der Waals surface area contributed by atoms with E-state index < -0.39 is 10.8 Å². The highest BCUT2D eigenvalue weighted by Crippen LogP contribution is 2.38. The largest absolute Gasteiger partial charge is 0.395 e. The fourth-order valence-electron chi connectivity index (χ4n) is 2.38. The second-order valence-corrected chi connectivity index (χ2v) is 5.84. The third kappa shape index (κ3) is 2.58. The second kappa shape index (κ2) is 4.22. The summed E-state index contributed by atoms with van der Waals surface area (Å²) < 4.78 is 5.42. The number of rotatable bonds is 2. The van der Waals surface area contributed by atoms with Crippen molar-refractivity contribution in [2.24, 2.45) is 16.7 Å². The van der Waals surface area contributed by atoms with Gasteiger partial charge in [-0.3, -0.25) is 4.79 Å². The van der Waals surface area contributed by atoms with Crippen molar-refractivity contribution < 1.29 is 14.6 Å². The number of hydrogen-bond donors (Lipinski definition) is 1. The standard InChI is InChI=1S/C12H22O3/c1-9-5-12(7-13,8-15-6-9)10(14)11(2,3)4/h9,13H,5-8H2,1-4H3. The topological polar surface area (TPSA) is 46.5 Å². The maximum atomic E-state index is 12.3. The van der Waals surface area contributed by atoms with Gasteiger partial charge >= 0.3 is 0 Å². The molecular formula is C12H22O3. The predicted molar refractivity (Wildman–Crippen MR) is 58.6 cm³/mol. The molecule has 2 unspecified atom stereocenters. The van der Waals surface area contributed by atoms with Gasteiger partial charge in [-0.25, -0.2) is 0 Å². The first-order chi connectivity index (χ1) is 6.82. The van der Waals surface area contributed by atoms with Gasteiger partial charge in [-0.1, -0.05) is 27.7 Å². The van der Waals surface area contributed by atoms with Gasteiger partial charge in [-0.05, 0) is 12.3 Å². The highest BCUT2D eigenvalue weighted by molar-refractivity contribution is 5.89. The molecule has 0 aromatic heterocycles. The molecule has 0 amide bonds. The van der Waals surface area contributed by atoms with Gasteiger partial charge in [0.15, 0.2) is 0 Å². The quantitative estimate of drug-likeness (QED) is 0.760. The molecule has 0 spiro atoms. The van der Waals surface area contributed by atoms with Crippen LogP contribution in [0.4, 0.5) is 0 Å². The Bertz CT molecular complexity index is 242. The molecule has 1 aliphatic rings. The average Bonchev–Trinajstić information content (AvgIpc) is 2.15. The van der Waals surface area contributed by atoms with Crippen molar-refractivity contribution in [3.8, 4) is 0 Å². The summed E-state index contributed by atoms with van der Waals surface area (Å²) in [4.78, 5) is 12.3. The van der Waals surface area contributed by atoms with E-state index in [2.05, 4.69) is 6.92 Å². The van der Waals surface area contributed by atoms with Crippen molar-refractivity contribution in [2.75, 3.05) is 19.8 Å². The third-order valence-electron chi connectivity index (χ3n) is 2.99. The molecule has 88 valence electrons. The number of aliphatic hydroxyl groups is 1. The molecule has 0 bridgehead atoms. The zero-order valence-electron chi connectivity index (χ0n) is 10.2. The Morgan fingerprint density at radius 3 is 2.53 bits per heavy atom. The lowest BCUT2D eigenvalue weighted by molar-refractivity contribution is -0.152. The molecule has 1 N–H and O–H groups in total. The number of Topliss-reactive ketones (excluding diaryl/α,β-unsaturated/α-hetero) is 1. The fraction of sp³-hybridized carbons (Fsp3) is 0.917. The van der Waals surface area contributed by atoms with E-state index in [1.807, 2.05) is 20.8 Å². The number of carbonyl (C=O) groups is 1. The van der Waals surface area contributed by atoms with Crippen LogP contribution >= 0.6 is 0 Å². The molecule has 0 aliphatic carbocycles. The van der Waals surface area contributed by atoms with Crippen molar-refractivity contribution in [2.45, 2.75) is 34.1 Å². The third-order valence-corrected chi connectivity index (χ3v) is 2.99. The van der Waals surface area contributed by atoms with Gasteiger partial charge in [-0.2, -0.15) is 0 Å². The number of hydrogen-bond acceptors (Lipinski definition) is 3. The summed E-state index contributed by atoms with van der Waals surface area (Å²) in [5.74, 6) is 0.459. The Kier molecular flexibility index (Phi) is 3.56. The molecule has 3 nitrogen and oxygen atoms in total. The Balaban J connectivity index is 2.89. The van der Waals surface area contributed by atoms with Gasteiger partial charge in [0.2, 0.25) is 0 Å². The molecule has 0 aromatic carbocycles. The minimum atomic E-state index is -0.671. The summed E-state index contributed by atoms with van der Waals surface area (Å²) in [5.41, 5.74) is -1.08. The second-order valence-electron chi connectivity index (χ2n) is 5.84. The summed E-state index contributed by atoms with van der Waals surface area (Å²) in [6.45, 7) is 8.69. The van der Waals surface area contributed by atoms with Crippen LogP contribution in [0.25, 0.3) is 0 Å². The molecule has 15 heavy (non-hydrogen) atoms. The van der Waals surface area contributed by atoms with Crippen LogP contribution in [-0.2, 0) is 9.53 Å². The maximum Gasteiger partial charge on any atom is 0.148 e. The predicted octanol–water partition coefficient (Wildman–Crippen LogP) is 1.64. The number of aliphatic hydroxyl groups excluding tert-OH is 1. The molecule has 0 radical (unpaired) electrons. The van der Waals surface area contributed by atoms with E-state index in [0.29, 0.717) is 19.1 Å². The zero-order valence-corrected chi connectivity index (χ0v) is 10.2. The van der Waals surface area contributed by atoms with Gasteiger partial charge in [-0.15, -0.1) is 0 Å². The van der Waals surface area contributed by atoms with Gasteiger partial charge < -0.3 is 9.84 Å². The van der Waals surface area contributed by atoms with Crippen molar-refractivity contribution in [1.82, 2.24) is 0 Å². The first-order valence-corrected chi connectivity index (χ1v) is 5.55. The van der Waals surface area contributed by atoms with Gasteiger partial charge in [0.05, 0.1) is 18.6 Å². The molecule has 1 fully saturated rings. The molecule has 0 aromatic rings. The van der Waals surface area contributed by atoms with Gasteiger partial charge in [0, 0.05) is 12.0 Å². The monoisotopic (exact) mass is 214 g/mol. The molecule has 0 saturated carbocycles. The van der Waals surface area contributed by atoms with Crippen LogP contribution in [0.2, 0.25) is 0 Å². The molecular weight excluding hydrogens is 192 g/mol. The van der Waals surface area contributed by atoms with Crippen LogP contribution in [-0.4, -0.2) is 30.7 Å². The van der Waals surface area contributed by atoms with E-state index in [4.69, 9.17) is 4.74 Å². The van der Waals surface area contributed by atoms with Crippen molar-refractivity contribution in [1.29, 1.82) is 0 Å². The van der Waals surface area contributed by atoms with E-state index in [1.165, 1.54) is 0 Å². The highest BCUT2D eigenvalue weighted by atomic mass is 16.5. The zero-order chi connectivity index (χ0) is 11.7. The average molecular weight is 214 g/mol. The summed E-state index contributed by atoms with van der Waals surface area (Å²) >= 11 is 0. The molecule has 1 rings (SSSR count). The summed E-state index contributed by atoms with van der Waals surface area (Å²) in [7, 11) is 0. The first kappa shape index (κ1) is 12.7. The van der Waals surface area contributed by atoms with Crippen molar-refractivity contribution in [3.63, 3.8) is 0 Å². The maximum absolute atomic E-state index is 12.3. The highest BCUT2D eigenvalue weighted by Gasteiger charge is 2.46. The van der Waals surface area contributed by atoms with Crippen LogP contribution in [0.15, 0.2) is 0 Å². The van der Waals surface area contributed by atoms with Crippen LogP contribution in [0.5, 0.6) is 0 Å². The normalized spacial score (nSPS) is 32.7. The minimum Gasteiger partial charge on any atom is -0.395 e. The lowest BCUT2D eigenvalue weighted by Crippen LogP contribution is -2.49. The van der Waals surface area contributed by atoms with Crippen molar-refractivity contribution in [3.05, 3.63) is 0 Å². The van der Waals surface area contributed by atoms with E-state index in [-0.39, 0.29) is 12.4 Å². The molecule has 3 heteroatoms. The number of ether oxygens (including phenoxy) is 1. The Hall–Kier alpha value is -0.410. The lowest BCUT2D eigenvalue weighted by atomic mass is 9.68. The van der Waals surface area contributed by atoms with Crippen LogP contribution in [0.3, 0.4) is 0 Å². The van der Waals surface area contributed by atoms with E-state index >= 15 is 0 Å². The van der Waals surface area contributed by atoms with Gasteiger partial charge in [0.1, 0.15) is 5.78 Å². The minimum absolute atomic E-state index is 0.104. The lowest BCUT2D eigenvalue weighted by Gasteiger charge is -2.40. The summed E-state index contributed by atoms with van der Waals surface area (Å²) in [6, 6.07) is 0. The van der Waals surface area contributed by atoms with Gasteiger partial charge in [0.25, 0.3) is 0 Å². The first-order valence-electron chi connectivity index (χ1n) is 5.55. The Morgan fingerprint density at radius 1 is 1.53 bits per heavy atom. The van der Waals surface area contributed by atoms with Crippen molar-refractivity contribution >= 4 is 5.78 Å². The Labute approximate surface area is 91.8 Å². The van der Waals surface area contributed by atoms with Crippen LogP contribution < -0.4 is 0 Å². The van der Waals surface area contributed by atoms with E-state index in [0.717, 1.165) is 6.42 Å².